The van der Waals surface area contributed by atoms with E-state index in [1.54, 1.807) is 0 Å². The third-order valence-corrected chi connectivity index (χ3v) is 4.77. The van der Waals surface area contributed by atoms with E-state index in [1.807, 2.05) is 0 Å². The number of benzene rings is 2. The molecule has 110 valence electrons. The Kier molecular flexibility index (Phi) is 3.12. The summed E-state index contributed by atoms with van der Waals surface area (Å²) >= 11 is 0. The lowest BCUT2D eigenvalue weighted by Crippen LogP contribution is -2.45. The second kappa shape index (κ2) is 4.62. The van der Waals surface area contributed by atoms with E-state index in [1.165, 1.54) is 27.9 Å². The van der Waals surface area contributed by atoms with Crippen LogP contribution in [0.1, 0.15) is 49.4 Å². The minimum absolute atomic E-state index is 0.0587. The van der Waals surface area contributed by atoms with Crippen molar-refractivity contribution in [3.05, 3.63) is 64.7 Å². The molecule has 0 spiro atoms. The first kappa shape index (κ1) is 14.2. The molecule has 21 heavy (non-hydrogen) atoms. The van der Waals surface area contributed by atoms with E-state index in [0.717, 1.165) is 6.42 Å². The number of nitrogens with one attached hydrogen (secondary N) is 1. The van der Waals surface area contributed by atoms with Crippen molar-refractivity contribution >= 4 is 5.69 Å². The molecule has 1 nitrogen and oxygen atoms in total. The summed E-state index contributed by atoms with van der Waals surface area (Å²) in [6.07, 6.45) is 1.10. The second-order valence-corrected chi connectivity index (χ2v) is 7.38. The Morgan fingerprint density at radius 3 is 2.33 bits per heavy atom. The lowest BCUT2D eigenvalue weighted by atomic mass is 9.65. The fourth-order valence-electron chi connectivity index (χ4n) is 4.13. The highest BCUT2D eigenvalue weighted by Crippen LogP contribution is 2.47. The topological polar surface area (TPSA) is 12.0 Å². The maximum atomic E-state index is 3.69. The van der Waals surface area contributed by atoms with E-state index in [4.69, 9.17) is 0 Å². The van der Waals surface area contributed by atoms with Gasteiger partial charge in [-0.25, -0.2) is 0 Å². The molecule has 0 radical (unpaired) electrons. The summed E-state index contributed by atoms with van der Waals surface area (Å²) in [7, 11) is 0. The number of aryl methyl sites for hydroxylation is 2. The minimum Gasteiger partial charge on any atom is -0.380 e. The van der Waals surface area contributed by atoms with Crippen molar-refractivity contribution in [2.24, 2.45) is 0 Å². The molecule has 2 aromatic carbocycles. The number of hydrogen-bond donors (Lipinski definition) is 1. The highest BCUT2D eigenvalue weighted by atomic mass is 15.0. The fourth-order valence-corrected chi connectivity index (χ4v) is 4.13. The first-order valence-corrected chi connectivity index (χ1v) is 7.77. The molecule has 1 atom stereocenters. The summed E-state index contributed by atoms with van der Waals surface area (Å²) in [6.45, 7) is 11.4. The summed E-state index contributed by atoms with van der Waals surface area (Å²) in [5.74, 6) is 0. The zero-order valence-electron chi connectivity index (χ0n) is 13.7. The molecule has 0 bridgehead atoms. The maximum absolute atomic E-state index is 3.69. The number of rotatable bonds is 1. The van der Waals surface area contributed by atoms with Gasteiger partial charge in [-0.15, -0.1) is 0 Å². The molecule has 1 aliphatic rings. The molecule has 1 heterocycles. The normalized spacial score (nSPS) is 23.3. The molecule has 1 N–H and O–H groups in total. The molecule has 1 heteroatoms. The molecule has 1 unspecified atom stereocenters. The largest absolute Gasteiger partial charge is 0.380 e. The van der Waals surface area contributed by atoms with Crippen LogP contribution in [0.15, 0.2) is 42.5 Å². The Morgan fingerprint density at radius 1 is 0.905 bits per heavy atom. The molecule has 0 aliphatic carbocycles. The van der Waals surface area contributed by atoms with Gasteiger partial charge >= 0.3 is 0 Å². The Labute approximate surface area is 128 Å². The average molecular weight is 279 g/mol. The Balaban J connectivity index is 2.23. The van der Waals surface area contributed by atoms with Crippen LogP contribution < -0.4 is 5.32 Å². The van der Waals surface area contributed by atoms with Crippen molar-refractivity contribution in [2.75, 3.05) is 5.32 Å². The summed E-state index contributed by atoms with van der Waals surface area (Å²) in [5, 5.41) is 3.69. The van der Waals surface area contributed by atoms with Crippen LogP contribution in [-0.4, -0.2) is 5.54 Å². The SMILES string of the molecule is Cc1ccc(C2(C)CC(C)(C)Nc3ccccc32)c(C)c1. The molecular formula is C20H25N. The first-order chi connectivity index (χ1) is 9.82. The zero-order chi connectivity index (χ0) is 15.3. The monoisotopic (exact) mass is 279 g/mol. The standard InChI is InChI=1S/C20H25N/c1-14-10-11-16(15(2)12-14)20(5)13-19(3,4)21-18-9-7-6-8-17(18)20/h6-12,21H,13H2,1-5H3. The zero-order valence-corrected chi connectivity index (χ0v) is 13.7. The van der Waals surface area contributed by atoms with Crippen molar-refractivity contribution in [1.82, 2.24) is 0 Å². The number of fused-ring (bicyclic) bond motifs is 1. The van der Waals surface area contributed by atoms with Gasteiger partial charge in [-0.3, -0.25) is 0 Å². The molecule has 0 amide bonds. The van der Waals surface area contributed by atoms with Gasteiger partial charge in [0.05, 0.1) is 0 Å². The van der Waals surface area contributed by atoms with Gasteiger partial charge in [-0.1, -0.05) is 48.9 Å². The van der Waals surface area contributed by atoms with Crippen LogP contribution >= 0.6 is 0 Å². The van der Waals surface area contributed by atoms with E-state index >= 15 is 0 Å². The number of hydrogen-bond acceptors (Lipinski definition) is 1. The molecule has 0 fully saturated rings. The third kappa shape index (κ3) is 2.35. The van der Waals surface area contributed by atoms with Gasteiger partial charge in [0.1, 0.15) is 0 Å². The van der Waals surface area contributed by atoms with Gasteiger partial charge in [0.15, 0.2) is 0 Å². The minimum atomic E-state index is 0.0587. The Hall–Kier alpha value is -1.76. The van der Waals surface area contributed by atoms with Gasteiger partial charge in [0.25, 0.3) is 0 Å². The van der Waals surface area contributed by atoms with Crippen molar-refractivity contribution in [1.29, 1.82) is 0 Å². The quantitative estimate of drug-likeness (QED) is 0.756. The van der Waals surface area contributed by atoms with Gasteiger partial charge in [0.2, 0.25) is 0 Å². The predicted molar refractivity (Wildman–Crippen MR) is 91.1 cm³/mol. The van der Waals surface area contributed by atoms with Crippen molar-refractivity contribution in [3.8, 4) is 0 Å². The van der Waals surface area contributed by atoms with Crippen LogP contribution in [0.25, 0.3) is 0 Å². The van der Waals surface area contributed by atoms with E-state index in [-0.39, 0.29) is 11.0 Å². The highest BCUT2D eigenvalue weighted by Gasteiger charge is 2.41. The average Bonchev–Trinajstić information content (AvgIpc) is 2.36. The second-order valence-electron chi connectivity index (χ2n) is 7.38. The molecule has 0 aromatic heterocycles. The summed E-state index contributed by atoms with van der Waals surface area (Å²) in [4.78, 5) is 0. The molecule has 2 aromatic rings. The van der Waals surface area contributed by atoms with E-state index in [2.05, 4.69) is 82.4 Å². The van der Waals surface area contributed by atoms with Gasteiger partial charge in [0, 0.05) is 16.6 Å². The van der Waals surface area contributed by atoms with Crippen LogP contribution in [0.5, 0.6) is 0 Å². The molecule has 0 saturated carbocycles. The first-order valence-electron chi connectivity index (χ1n) is 7.77. The van der Waals surface area contributed by atoms with E-state index in [0.29, 0.717) is 0 Å². The summed E-state index contributed by atoms with van der Waals surface area (Å²) in [5.41, 5.74) is 7.03. The highest BCUT2D eigenvalue weighted by molar-refractivity contribution is 5.63. The van der Waals surface area contributed by atoms with Crippen LogP contribution in [0.4, 0.5) is 5.69 Å². The lowest BCUT2D eigenvalue weighted by Gasteiger charge is -2.46. The smallest absolute Gasteiger partial charge is 0.0385 e. The molecule has 1 aliphatic heterocycles. The Morgan fingerprint density at radius 2 is 1.62 bits per heavy atom. The summed E-state index contributed by atoms with van der Waals surface area (Å²) < 4.78 is 0. The number of para-hydroxylation sites is 1. The van der Waals surface area contributed by atoms with Gasteiger partial charge in [-0.2, -0.15) is 0 Å². The summed E-state index contributed by atoms with van der Waals surface area (Å²) in [6, 6.07) is 15.6. The molecule has 3 rings (SSSR count). The van der Waals surface area contributed by atoms with Gasteiger partial charge in [-0.05, 0) is 56.9 Å². The van der Waals surface area contributed by atoms with Crippen molar-refractivity contribution < 1.29 is 0 Å². The molecular weight excluding hydrogens is 254 g/mol. The number of anilines is 1. The van der Waals surface area contributed by atoms with Crippen LogP contribution in [0.2, 0.25) is 0 Å². The van der Waals surface area contributed by atoms with E-state index in [9.17, 15) is 0 Å². The van der Waals surface area contributed by atoms with Gasteiger partial charge < -0.3 is 5.32 Å². The van der Waals surface area contributed by atoms with Crippen molar-refractivity contribution in [3.63, 3.8) is 0 Å². The fraction of sp³-hybridized carbons (Fsp3) is 0.400. The van der Waals surface area contributed by atoms with Crippen molar-refractivity contribution in [2.45, 2.75) is 52.0 Å². The lowest BCUT2D eigenvalue weighted by molar-refractivity contribution is 0.377. The van der Waals surface area contributed by atoms with E-state index < -0.39 is 0 Å². The van der Waals surface area contributed by atoms with Crippen LogP contribution in [0.3, 0.4) is 0 Å². The maximum Gasteiger partial charge on any atom is 0.0385 e. The molecule has 0 saturated heterocycles. The third-order valence-electron chi connectivity index (χ3n) is 4.77. The van der Waals surface area contributed by atoms with Crippen LogP contribution in [0, 0.1) is 13.8 Å². The predicted octanol–water partition coefficient (Wildman–Crippen LogP) is 5.20. The van der Waals surface area contributed by atoms with Crippen LogP contribution in [-0.2, 0) is 5.41 Å². The Bertz CT molecular complexity index is 684.